The van der Waals surface area contributed by atoms with Crippen molar-refractivity contribution in [1.29, 1.82) is 0 Å². The van der Waals surface area contributed by atoms with Crippen LogP contribution in [0.5, 0.6) is 0 Å². The largest absolute Gasteiger partial charge is 0.481 e. The van der Waals surface area contributed by atoms with Crippen LogP contribution >= 0.6 is 0 Å². The number of unbranched alkanes of at least 4 members (excludes halogenated alkanes) is 5. The van der Waals surface area contributed by atoms with Gasteiger partial charge in [-0.25, -0.2) is 0 Å². The number of ketones is 1. The molecule has 4 aliphatic carbocycles. The minimum absolute atomic E-state index is 0.0202. The molecule has 42 heavy (non-hydrogen) atoms. The molecule has 0 aliphatic heterocycles. The average molecular weight is 585 g/mol. The van der Waals surface area contributed by atoms with Gasteiger partial charge in [0.25, 0.3) is 0 Å². The molecule has 4 unspecified atom stereocenters. The number of carboxylic acid groups (broad SMARTS) is 1. The molecule has 0 saturated heterocycles. The van der Waals surface area contributed by atoms with E-state index in [-0.39, 0.29) is 29.8 Å². The van der Waals surface area contributed by atoms with Gasteiger partial charge in [0.1, 0.15) is 11.9 Å². The minimum atomic E-state index is -0.718. The van der Waals surface area contributed by atoms with Crippen LogP contribution < -0.4 is 0 Å². The maximum Gasteiger partial charge on any atom is 0.306 e. The molecule has 4 aliphatic rings. The normalized spacial score (nSPS) is 34.6. The fourth-order valence-corrected chi connectivity index (χ4v) is 9.97. The van der Waals surface area contributed by atoms with E-state index in [1.807, 2.05) is 0 Å². The number of Topliss-reactive ketones (excluding diaryl/α,β-unsaturated/α-hetero) is 1. The highest BCUT2D eigenvalue weighted by atomic mass is 16.5. The maximum atomic E-state index is 13.2. The number of carbonyl (C=O) groups excluding carboxylic acids is 2. The zero-order chi connectivity index (χ0) is 30.5. The summed E-state index contributed by atoms with van der Waals surface area (Å²) in [4.78, 5) is 36.4. The number of esters is 1. The Morgan fingerprint density at radius 3 is 2.26 bits per heavy atom. The van der Waals surface area contributed by atoms with Gasteiger partial charge in [0.05, 0.1) is 0 Å². The summed E-state index contributed by atoms with van der Waals surface area (Å²) in [7, 11) is 0. The number of ether oxygens (including phenoxy) is 1. The molecule has 3 saturated carbocycles. The smallest absolute Gasteiger partial charge is 0.306 e. The lowest BCUT2D eigenvalue weighted by molar-refractivity contribution is -0.151. The molecule has 5 heteroatoms. The van der Waals surface area contributed by atoms with Gasteiger partial charge in [-0.15, -0.1) is 0 Å². The van der Waals surface area contributed by atoms with Crippen molar-refractivity contribution in [2.45, 2.75) is 156 Å². The van der Waals surface area contributed by atoms with Crippen molar-refractivity contribution in [2.24, 2.45) is 46.3 Å². The van der Waals surface area contributed by atoms with E-state index in [2.05, 4.69) is 40.7 Å². The van der Waals surface area contributed by atoms with Gasteiger partial charge >= 0.3 is 11.9 Å². The molecule has 0 aromatic carbocycles. The van der Waals surface area contributed by atoms with E-state index in [0.29, 0.717) is 35.4 Å². The third-order valence-corrected chi connectivity index (χ3v) is 12.5. The second kappa shape index (κ2) is 14.4. The fourth-order valence-electron chi connectivity index (χ4n) is 9.97. The fraction of sp³-hybridized carbons (Fsp3) is 0.865. The number of allylic oxidation sites excluding steroid dienone is 1. The number of aliphatic carboxylic acids is 1. The lowest BCUT2D eigenvalue weighted by atomic mass is 9.47. The second-order valence-electron chi connectivity index (χ2n) is 15.5. The van der Waals surface area contributed by atoms with Gasteiger partial charge in [0, 0.05) is 31.6 Å². The van der Waals surface area contributed by atoms with Gasteiger partial charge in [-0.05, 0) is 105 Å². The summed E-state index contributed by atoms with van der Waals surface area (Å²) in [6.45, 7) is 11.7. The van der Waals surface area contributed by atoms with Crippen molar-refractivity contribution in [1.82, 2.24) is 0 Å². The van der Waals surface area contributed by atoms with E-state index >= 15 is 0 Å². The van der Waals surface area contributed by atoms with Crippen LogP contribution in [0.2, 0.25) is 0 Å². The van der Waals surface area contributed by atoms with Crippen molar-refractivity contribution in [3.63, 3.8) is 0 Å². The van der Waals surface area contributed by atoms with Gasteiger partial charge in [-0.2, -0.15) is 0 Å². The number of hydrogen-bond donors (Lipinski definition) is 1. The molecular weight excluding hydrogens is 524 g/mol. The molecule has 0 aromatic rings. The standard InChI is InChI=1S/C37H60O5/c1-25(2)14-19-33(38)26(3)30-17-18-31-29-16-15-27-24-28(20-22-36(27,4)32(29)21-23-37(30,31)5)42-35(41)13-11-9-7-6-8-10-12-34(39)40/h15,25-26,28-32H,6-14,16-24H2,1-5H3,(H,39,40)/t26-,28?,29?,30+,31?,32?,36-,37+/m0/s1. The summed E-state index contributed by atoms with van der Waals surface area (Å²) < 4.78 is 6.00. The van der Waals surface area contributed by atoms with Crippen LogP contribution in [0, 0.1) is 46.3 Å². The highest BCUT2D eigenvalue weighted by Gasteiger charge is 2.59. The van der Waals surface area contributed by atoms with Crippen molar-refractivity contribution >= 4 is 17.7 Å². The third-order valence-electron chi connectivity index (χ3n) is 12.5. The lowest BCUT2D eigenvalue weighted by Gasteiger charge is -2.58. The summed E-state index contributed by atoms with van der Waals surface area (Å²) in [6.07, 6.45) is 19.9. The molecule has 0 aromatic heterocycles. The summed E-state index contributed by atoms with van der Waals surface area (Å²) in [5, 5.41) is 8.72. The highest BCUT2D eigenvalue weighted by molar-refractivity contribution is 5.81. The summed E-state index contributed by atoms with van der Waals surface area (Å²) >= 11 is 0. The zero-order valence-corrected chi connectivity index (χ0v) is 27.4. The molecule has 0 spiro atoms. The van der Waals surface area contributed by atoms with E-state index < -0.39 is 5.97 Å². The van der Waals surface area contributed by atoms with Crippen LogP contribution in [0.25, 0.3) is 0 Å². The predicted molar refractivity (Wildman–Crippen MR) is 168 cm³/mol. The summed E-state index contributed by atoms with van der Waals surface area (Å²) in [5.74, 6) is 3.21. The zero-order valence-electron chi connectivity index (χ0n) is 27.4. The molecule has 0 radical (unpaired) electrons. The first-order chi connectivity index (χ1) is 20.0. The Kier molecular flexibility index (Phi) is 11.4. The Bertz CT molecular complexity index is 983. The number of fused-ring (bicyclic) bond motifs is 5. The van der Waals surface area contributed by atoms with Gasteiger partial charge in [-0.3, -0.25) is 14.4 Å². The summed E-state index contributed by atoms with van der Waals surface area (Å²) in [5.41, 5.74) is 2.07. The number of carbonyl (C=O) groups is 3. The molecule has 0 bridgehead atoms. The van der Waals surface area contributed by atoms with Crippen molar-refractivity contribution in [2.75, 3.05) is 0 Å². The molecule has 1 N–H and O–H groups in total. The first kappa shape index (κ1) is 33.2. The van der Waals surface area contributed by atoms with Crippen LogP contribution in [0.15, 0.2) is 11.6 Å². The van der Waals surface area contributed by atoms with E-state index in [4.69, 9.17) is 9.84 Å². The topological polar surface area (TPSA) is 80.7 Å². The maximum absolute atomic E-state index is 13.2. The Hall–Kier alpha value is -1.65. The Labute approximate surface area is 256 Å². The van der Waals surface area contributed by atoms with Crippen LogP contribution in [-0.4, -0.2) is 28.9 Å². The SMILES string of the molecule is CC(C)CCC(=O)[C@@H](C)[C@H]1CCC2C3CC=C4CC(OC(=O)CCCCCCCCC(=O)O)CC[C@]4(C)C3CC[C@@]21C. The van der Waals surface area contributed by atoms with E-state index in [1.165, 1.54) is 25.7 Å². The predicted octanol–water partition coefficient (Wildman–Crippen LogP) is 9.32. The number of hydrogen-bond acceptors (Lipinski definition) is 4. The molecule has 0 amide bonds. The van der Waals surface area contributed by atoms with Crippen molar-refractivity contribution in [3.8, 4) is 0 Å². The van der Waals surface area contributed by atoms with E-state index in [0.717, 1.165) is 88.9 Å². The monoisotopic (exact) mass is 584 g/mol. The average Bonchev–Trinajstić information content (AvgIpc) is 3.29. The molecule has 5 nitrogen and oxygen atoms in total. The van der Waals surface area contributed by atoms with Crippen molar-refractivity contribution in [3.05, 3.63) is 11.6 Å². The van der Waals surface area contributed by atoms with Gasteiger partial charge < -0.3 is 9.84 Å². The molecule has 4 rings (SSSR count). The summed E-state index contributed by atoms with van der Waals surface area (Å²) in [6, 6.07) is 0. The first-order valence-electron chi connectivity index (χ1n) is 17.6. The van der Waals surface area contributed by atoms with Gasteiger partial charge in [-0.1, -0.05) is 72.0 Å². The second-order valence-corrected chi connectivity index (χ2v) is 15.5. The van der Waals surface area contributed by atoms with Gasteiger partial charge in [0.15, 0.2) is 0 Å². The van der Waals surface area contributed by atoms with Crippen molar-refractivity contribution < 1.29 is 24.2 Å². The molecule has 3 fully saturated rings. The van der Waals surface area contributed by atoms with Crippen LogP contribution in [0.1, 0.15) is 150 Å². The molecule has 0 heterocycles. The molecular formula is C37H60O5. The van der Waals surface area contributed by atoms with E-state index in [9.17, 15) is 14.4 Å². The first-order valence-corrected chi connectivity index (χ1v) is 17.6. The Morgan fingerprint density at radius 2 is 1.57 bits per heavy atom. The Balaban J connectivity index is 1.26. The number of rotatable bonds is 15. The van der Waals surface area contributed by atoms with Gasteiger partial charge in [0.2, 0.25) is 0 Å². The quantitative estimate of drug-likeness (QED) is 0.118. The third kappa shape index (κ3) is 7.52. The lowest BCUT2D eigenvalue weighted by Crippen LogP contribution is -2.51. The van der Waals surface area contributed by atoms with Crippen LogP contribution in [-0.2, 0) is 19.1 Å². The molecule has 238 valence electrons. The van der Waals surface area contributed by atoms with Crippen LogP contribution in [0.4, 0.5) is 0 Å². The minimum Gasteiger partial charge on any atom is -0.481 e. The van der Waals surface area contributed by atoms with E-state index in [1.54, 1.807) is 5.57 Å². The Morgan fingerprint density at radius 1 is 0.881 bits per heavy atom. The highest BCUT2D eigenvalue weighted by Crippen LogP contribution is 2.67. The molecule has 8 atom stereocenters. The number of carboxylic acids is 1. The van der Waals surface area contributed by atoms with Crippen LogP contribution in [0.3, 0.4) is 0 Å².